The van der Waals surface area contributed by atoms with Gasteiger partial charge in [-0.25, -0.2) is 0 Å². The second-order valence-corrected chi connectivity index (χ2v) is 8.45. The van der Waals surface area contributed by atoms with Gasteiger partial charge in [0.05, 0.1) is 0 Å². The Morgan fingerprint density at radius 2 is 1.81 bits per heavy atom. The number of piperidine rings is 1. The molecule has 0 bridgehead atoms. The molecule has 2 fully saturated rings. The van der Waals surface area contributed by atoms with E-state index in [0.717, 1.165) is 25.7 Å². The van der Waals surface area contributed by atoms with Crippen LogP contribution in [-0.2, 0) is 15.0 Å². The highest BCUT2D eigenvalue weighted by atomic mass is 32.2. The topological polar surface area (TPSA) is 86.7 Å². The zero-order valence-corrected chi connectivity index (χ0v) is 13.7. The number of aliphatic carboxylic acids is 1. The Morgan fingerprint density at radius 1 is 1.19 bits per heavy atom. The van der Waals surface area contributed by atoms with Crippen LogP contribution in [0.1, 0.15) is 52.4 Å². The third-order valence-corrected chi connectivity index (χ3v) is 6.48. The van der Waals surface area contributed by atoms with E-state index in [1.165, 1.54) is 4.31 Å². The first kappa shape index (κ1) is 16.7. The Morgan fingerprint density at radius 3 is 2.33 bits per heavy atom. The fourth-order valence-electron chi connectivity index (χ4n) is 3.29. The molecular weight excluding hydrogens is 292 g/mol. The summed E-state index contributed by atoms with van der Waals surface area (Å²) in [6, 6.07) is 0. The van der Waals surface area contributed by atoms with Gasteiger partial charge in [0.25, 0.3) is 10.2 Å². The lowest BCUT2D eigenvalue weighted by Gasteiger charge is -2.38. The molecule has 1 aliphatic heterocycles. The predicted octanol–water partition coefficient (Wildman–Crippen LogP) is 1.59. The second kappa shape index (κ2) is 6.22. The van der Waals surface area contributed by atoms with Crippen molar-refractivity contribution < 1.29 is 18.3 Å². The molecule has 21 heavy (non-hydrogen) atoms. The lowest BCUT2D eigenvalue weighted by molar-refractivity contribution is -0.145. The van der Waals surface area contributed by atoms with Crippen LogP contribution in [0.25, 0.3) is 0 Å². The Bertz CT molecular complexity index is 483. The number of nitrogens with zero attached hydrogens (tertiary/aromatic N) is 1. The van der Waals surface area contributed by atoms with E-state index in [0.29, 0.717) is 37.8 Å². The van der Waals surface area contributed by atoms with Crippen LogP contribution in [0.3, 0.4) is 0 Å². The summed E-state index contributed by atoms with van der Waals surface area (Å²) in [4.78, 5) is 11.7. The van der Waals surface area contributed by atoms with E-state index in [4.69, 9.17) is 0 Å². The molecule has 0 spiro atoms. The quantitative estimate of drug-likeness (QED) is 0.824. The normalized spacial score (nSPS) is 35.5. The van der Waals surface area contributed by atoms with E-state index < -0.39 is 21.7 Å². The van der Waals surface area contributed by atoms with Gasteiger partial charge in [0, 0.05) is 13.1 Å². The molecule has 122 valence electrons. The van der Waals surface area contributed by atoms with Gasteiger partial charge in [-0.1, -0.05) is 13.8 Å². The maximum Gasteiger partial charge on any atom is 0.324 e. The number of nitrogens with one attached hydrogen (secondary N) is 1. The molecule has 1 atom stereocenters. The van der Waals surface area contributed by atoms with E-state index in [-0.39, 0.29) is 0 Å². The van der Waals surface area contributed by atoms with E-state index >= 15 is 0 Å². The van der Waals surface area contributed by atoms with Crippen LogP contribution < -0.4 is 4.72 Å². The molecule has 2 rings (SSSR count). The van der Waals surface area contributed by atoms with Crippen LogP contribution in [0.2, 0.25) is 0 Å². The van der Waals surface area contributed by atoms with Gasteiger partial charge in [0.2, 0.25) is 0 Å². The molecule has 0 amide bonds. The fraction of sp³-hybridized carbons (Fsp3) is 0.929. The van der Waals surface area contributed by atoms with Crippen molar-refractivity contribution in [3.8, 4) is 0 Å². The van der Waals surface area contributed by atoms with Crippen LogP contribution in [0.4, 0.5) is 0 Å². The number of rotatable bonds is 4. The minimum absolute atomic E-state index is 0.322. The fourth-order valence-corrected chi connectivity index (χ4v) is 5.03. The molecule has 2 N–H and O–H groups in total. The summed E-state index contributed by atoms with van der Waals surface area (Å²) in [5, 5.41) is 9.54. The first-order valence-corrected chi connectivity index (χ1v) is 9.22. The maximum atomic E-state index is 12.5. The lowest BCUT2D eigenvalue weighted by atomic mass is 9.78. The van der Waals surface area contributed by atoms with Crippen LogP contribution in [-0.4, -0.2) is 42.4 Å². The van der Waals surface area contributed by atoms with Gasteiger partial charge in [0.15, 0.2) is 0 Å². The number of hydrogen-bond acceptors (Lipinski definition) is 3. The van der Waals surface area contributed by atoms with Gasteiger partial charge >= 0.3 is 5.97 Å². The Kier molecular flexibility index (Phi) is 4.95. The van der Waals surface area contributed by atoms with Gasteiger partial charge in [0.1, 0.15) is 5.54 Å². The zero-order valence-electron chi connectivity index (χ0n) is 12.8. The summed E-state index contributed by atoms with van der Waals surface area (Å²) in [7, 11) is -3.73. The summed E-state index contributed by atoms with van der Waals surface area (Å²) in [5.41, 5.74) is -1.33. The van der Waals surface area contributed by atoms with Crippen LogP contribution in [0.5, 0.6) is 0 Å². The molecule has 2 aliphatic rings. The Hall–Kier alpha value is -0.660. The van der Waals surface area contributed by atoms with E-state index in [1.54, 1.807) is 0 Å². The van der Waals surface area contributed by atoms with E-state index in [1.807, 2.05) is 6.92 Å². The molecule has 6 nitrogen and oxygen atoms in total. The van der Waals surface area contributed by atoms with Crippen molar-refractivity contribution in [2.45, 2.75) is 57.9 Å². The summed E-state index contributed by atoms with van der Waals surface area (Å²) in [6.07, 6.45) is 4.07. The third kappa shape index (κ3) is 3.76. The summed E-state index contributed by atoms with van der Waals surface area (Å²) < 4.78 is 29.0. The van der Waals surface area contributed by atoms with Crippen LogP contribution in [0.15, 0.2) is 0 Å². The van der Waals surface area contributed by atoms with Crippen LogP contribution >= 0.6 is 0 Å². The first-order chi connectivity index (χ1) is 9.75. The molecule has 0 aromatic heterocycles. The monoisotopic (exact) mass is 318 g/mol. The molecule has 0 aromatic rings. The molecular formula is C14H26N2O4S. The average Bonchev–Trinajstić information content (AvgIpc) is 2.41. The largest absolute Gasteiger partial charge is 0.480 e. The first-order valence-electron chi connectivity index (χ1n) is 7.78. The van der Waals surface area contributed by atoms with Gasteiger partial charge in [-0.05, 0) is 50.4 Å². The smallest absolute Gasteiger partial charge is 0.324 e. The van der Waals surface area contributed by atoms with Crippen molar-refractivity contribution >= 4 is 16.2 Å². The zero-order chi connectivity index (χ0) is 15.7. The predicted molar refractivity (Wildman–Crippen MR) is 80.0 cm³/mol. The Labute approximate surface area is 127 Å². The molecule has 1 saturated carbocycles. The Balaban J connectivity index is 2.14. The molecule has 1 unspecified atom stereocenters. The number of carboxylic acid groups (broad SMARTS) is 1. The second-order valence-electron chi connectivity index (χ2n) is 6.78. The van der Waals surface area contributed by atoms with Crippen molar-refractivity contribution in [2.24, 2.45) is 11.8 Å². The minimum Gasteiger partial charge on any atom is -0.480 e. The van der Waals surface area contributed by atoms with E-state index in [9.17, 15) is 18.3 Å². The highest BCUT2D eigenvalue weighted by Crippen LogP contribution is 2.33. The van der Waals surface area contributed by atoms with Crippen molar-refractivity contribution in [3.05, 3.63) is 0 Å². The molecule has 1 heterocycles. The number of carboxylic acids is 1. The molecule has 0 radical (unpaired) electrons. The summed E-state index contributed by atoms with van der Waals surface area (Å²) in [6.45, 7) is 5.05. The lowest BCUT2D eigenvalue weighted by Crippen LogP contribution is -2.60. The van der Waals surface area contributed by atoms with Gasteiger partial charge < -0.3 is 5.11 Å². The summed E-state index contributed by atoms with van der Waals surface area (Å²) >= 11 is 0. The SMILES string of the molecule is CC1CCC(NS(=O)(=O)N2CCCC(C)C2)(C(=O)O)CC1. The highest BCUT2D eigenvalue weighted by Gasteiger charge is 2.45. The van der Waals surface area contributed by atoms with Crippen LogP contribution in [0, 0.1) is 11.8 Å². The number of hydrogen-bond donors (Lipinski definition) is 2. The molecule has 1 saturated heterocycles. The van der Waals surface area contributed by atoms with Crippen molar-refractivity contribution in [1.29, 1.82) is 0 Å². The van der Waals surface area contributed by atoms with Crippen molar-refractivity contribution in [2.75, 3.05) is 13.1 Å². The molecule has 0 aromatic carbocycles. The third-order valence-electron chi connectivity index (χ3n) is 4.82. The average molecular weight is 318 g/mol. The number of carbonyl (C=O) groups is 1. The maximum absolute atomic E-state index is 12.5. The molecule has 7 heteroatoms. The van der Waals surface area contributed by atoms with Gasteiger partial charge in [-0.3, -0.25) is 4.79 Å². The van der Waals surface area contributed by atoms with E-state index in [2.05, 4.69) is 11.6 Å². The minimum atomic E-state index is -3.73. The van der Waals surface area contributed by atoms with Gasteiger partial charge in [-0.2, -0.15) is 17.4 Å². The van der Waals surface area contributed by atoms with Gasteiger partial charge in [-0.15, -0.1) is 0 Å². The van der Waals surface area contributed by atoms with Crippen molar-refractivity contribution in [3.63, 3.8) is 0 Å². The van der Waals surface area contributed by atoms with Crippen molar-refractivity contribution in [1.82, 2.24) is 9.03 Å². The molecule has 1 aliphatic carbocycles. The summed E-state index contributed by atoms with van der Waals surface area (Å²) in [5.74, 6) is -0.275. The standard InChI is InChI=1S/C14H26N2O4S/c1-11-5-7-14(8-6-11,13(17)18)15-21(19,20)16-9-3-4-12(2)10-16/h11-12,15H,3-10H2,1-2H3,(H,17,18). The highest BCUT2D eigenvalue weighted by molar-refractivity contribution is 7.87.